The van der Waals surface area contributed by atoms with Crippen molar-refractivity contribution in [3.8, 4) is 50.8 Å². The van der Waals surface area contributed by atoms with Gasteiger partial charge in [0.1, 0.15) is 11.6 Å². The molecule has 0 unspecified atom stereocenters. The largest absolute Gasteiger partial charge is 0.497 e. The fraction of sp³-hybridized carbons (Fsp3) is 0.100. The average molecular weight is 431 g/mol. The summed E-state index contributed by atoms with van der Waals surface area (Å²) in [6.45, 7) is 2.99. The summed E-state index contributed by atoms with van der Waals surface area (Å²) in [5.41, 5.74) is 7.76. The van der Waals surface area contributed by atoms with Crippen LogP contribution in [0.15, 0.2) is 109 Å². The Kier molecular flexibility index (Phi) is 5.77. The number of hydrogen-bond donors (Lipinski definition) is 0. The standard InChI is InChI=1S/C30H26N2O/c1-3-32-29(23-15-8-5-9-16-23)28(22-13-6-4-7-14-22)31-30(32)27-20-11-10-19-26(27)24-17-12-18-25(21-24)33-2/h4-21H,3H2,1-2H3. The Bertz CT molecular complexity index is 1370. The van der Waals surface area contributed by atoms with E-state index in [4.69, 9.17) is 9.72 Å². The van der Waals surface area contributed by atoms with Gasteiger partial charge in [-0.3, -0.25) is 0 Å². The SMILES string of the molecule is CCn1c(-c2ccccc2-c2cccc(OC)c2)nc(-c2ccccc2)c1-c1ccccc1. The number of methoxy groups -OCH3 is 1. The first-order valence-corrected chi connectivity index (χ1v) is 11.3. The maximum atomic E-state index is 5.48. The molecule has 0 fully saturated rings. The monoisotopic (exact) mass is 430 g/mol. The first-order chi connectivity index (χ1) is 16.3. The molecule has 5 aromatic rings. The molecule has 0 aliphatic heterocycles. The zero-order valence-electron chi connectivity index (χ0n) is 18.9. The average Bonchev–Trinajstić information content (AvgIpc) is 3.29. The van der Waals surface area contributed by atoms with Crippen molar-refractivity contribution in [1.82, 2.24) is 9.55 Å². The summed E-state index contributed by atoms with van der Waals surface area (Å²) in [5, 5.41) is 0. The molecule has 0 saturated carbocycles. The van der Waals surface area contributed by atoms with E-state index in [1.807, 2.05) is 18.2 Å². The number of hydrogen-bond acceptors (Lipinski definition) is 2. The minimum atomic E-state index is 0.811. The molecule has 162 valence electrons. The molecular weight excluding hydrogens is 404 g/mol. The normalized spacial score (nSPS) is 10.8. The van der Waals surface area contributed by atoms with Crippen LogP contribution >= 0.6 is 0 Å². The van der Waals surface area contributed by atoms with Crippen LogP contribution in [-0.4, -0.2) is 16.7 Å². The first-order valence-electron chi connectivity index (χ1n) is 11.3. The lowest BCUT2D eigenvalue weighted by Crippen LogP contribution is -2.01. The number of aromatic nitrogens is 2. The predicted octanol–water partition coefficient (Wildman–Crippen LogP) is 7.58. The fourth-order valence-corrected chi connectivity index (χ4v) is 4.37. The number of benzene rings is 4. The first kappa shape index (κ1) is 20.8. The smallest absolute Gasteiger partial charge is 0.141 e. The van der Waals surface area contributed by atoms with Crippen molar-refractivity contribution in [2.24, 2.45) is 0 Å². The van der Waals surface area contributed by atoms with Crippen LogP contribution in [0.1, 0.15) is 6.92 Å². The highest BCUT2D eigenvalue weighted by molar-refractivity contribution is 5.87. The van der Waals surface area contributed by atoms with Crippen molar-refractivity contribution in [3.63, 3.8) is 0 Å². The highest BCUT2D eigenvalue weighted by Gasteiger charge is 2.22. The molecule has 3 nitrogen and oxygen atoms in total. The quantitative estimate of drug-likeness (QED) is 0.278. The molecule has 0 atom stereocenters. The van der Waals surface area contributed by atoms with E-state index >= 15 is 0 Å². The molecule has 0 N–H and O–H groups in total. The summed E-state index contributed by atoms with van der Waals surface area (Å²) in [6, 6.07) is 37.7. The molecule has 3 heteroatoms. The lowest BCUT2D eigenvalue weighted by atomic mass is 9.99. The Balaban J connectivity index is 1.78. The second-order valence-corrected chi connectivity index (χ2v) is 7.89. The zero-order chi connectivity index (χ0) is 22.6. The lowest BCUT2D eigenvalue weighted by molar-refractivity contribution is 0.415. The molecule has 0 aliphatic carbocycles. The molecule has 33 heavy (non-hydrogen) atoms. The summed E-state index contributed by atoms with van der Waals surface area (Å²) in [4.78, 5) is 5.26. The van der Waals surface area contributed by atoms with Crippen molar-refractivity contribution in [2.45, 2.75) is 13.5 Å². The maximum Gasteiger partial charge on any atom is 0.141 e. The lowest BCUT2D eigenvalue weighted by Gasteiger charge is -2.14. The summed E-state index contributed by atoms with van der Waals surface area (Å²) >= 11 is 0. The Labute approximate surface area is 195 Å². The van der Waals surface area contributed by atoms with Gasteiger partial charge in [0.15, 0.2) is 0 Å². The summed E-state index contributed by atoms with van der Waals surface area (Å²) < 4.78 is 7.81. The molecule has 0 saturated heterocycles. The molecule has 4 aromatic carbocycles. The van der Waals surface area contributed by atoms with Gasteiger partial charge in [0.05, 0.1) is 18.5 Å². The Morgan fingerprint density at radius 1 is 0.667 bits per heavy atom. The van der Waals surface area contributed by atoms with E-state index in [2.05, 4.69) is 102 Å². The van der Waals surface area contributed by atoms with Gasteiger partial charge in [-0.2, -0.15) is 0 Å². The van der Waals surface area contributed by atoms with E-state index in [0.29, 0.717) is 0 Å². The van der Waals surface area contributed by atoms with Crippen molar-refractivity contribution < 1.29 is 4.74 Å². The second-order valence-electron chi connectivity index (χ2n) is 7.89. The van der Waals surface area contributed by atoms with Crippen LogP contribution in [0.3, 0.4) is 0 Å². The third kappa shape index (κ3) is 3.94. The van der Waals surface area contributed by atoms with E-state index in [1.165, 1.54) is 0 Å². The topological polar surface area (TPSA) is 27.1 Å². The number of rotatable bonds is 6. The van der Waals surface area contributed by atoms with E-state index in [1.54, 1.807) is 7.11 Å². The third-order valence-electron chi connectivity index (χ3n) is 5.93. The highest BCUT2D eigenvalue weighted by atomic mass is 16.5. The third-order valence-corrected chi connectivity index (χ3v) is 5.93. The van der Waals surface area contributed by atoms with E-state index in [-0.39, 0.29) is 0 Å². The van der Waals surface area contributed by atoms with Crippen LogP contribution in [0.5, 0.6) is 5.75 Å². The van der Waals surface area contributed by atoms with E-state index in [9.17, 15) is 0 Å². The Morgan fingerprint density at radius 3 is 1.94 bits per heavy atom. The Morgan fingerprint density at radius 2 is 1.27 bits per heavy atom. The predicted molar refractivity (Wildman–Crippen MR) is 136 cm³/mol. The molecule has 1 aromatic heterocycles. The highest BCUT2D eigenvalue weighted by Crippen LogP contribution is 2.39. The molecular formula is C30H26N2O. The van der Waals surface area contributed by atoms with Gasteiger partial charge in [0, 0.05) is 23.2 Å². The van der Waals surface area contributed by atoms with Crippen LogP contribution in [0.25, 0.3) is 45.0 Å². The fourth-order valence-electron chi connectivity index (χ4n) is 4.37. The van der Waals surface area contributed by atoms with Crippen LogP contribution in [-0.2, 0) is 6.54 Å². The molecule has 0 amide bonds. The summed E-state index contributed by atoms with van der Waals surface area (Å²) in [7, 11) is 1.70. The van der Waals surface area contributed by atoms with E-state index in [0.717, 1.165) is 57.3 Å². The number of ether oxygens (including phenoxy) is 1. The zero-order valence-corrected chi connectivity index (χ0v) is 18.9. The van der Waals surface area contributed by atoms with Gasteiger partial charge in [0.25, 0.3) is 0 Å². The molecule has 0 bridgehead atoms. The minimum Gasteiger partial charge on any atom is -0.497 e. The minimum absolute atomic E-state index is 0.811. The number of imidazole rings is 1. The van der Waals surface area contributed by atoms with Crippen LogP contribution < -0.4 is 4.74 Å². The maximum absolute atomic E-state index is 5.48. The number of nitrogens with zero attached hydrogens (tertiary/aromatic N) is 2. The van der Waals surface area contributed by atoms with Crippen molar-refractivity contribution in [3.05, 3.63) is 109 Å². The van der Waals surface area contributed by atoms with Crippen molar-refractivity contribution >= 4 is 0 Å². The van der Waals surface area contributed by atoms with Crippen molar-refractivity contribution in [2.75, 3.05) is 7.11 Å². The Hall–Kier alpha value is -4.11. The van der Waals surface area contributed by atoms with Gasteiger partial charge in [0.2, 0.25) is 0 Å². The molecule has 1 heterocycles. The van der Waals surface area contributed by atoms with Crippen LogP contribution in [0.4, 0.5) is 0 Å². The van der Waals surface area contributed by atoms with Gasteiger partial charge in [-0.05, 0) is 30.2 Å². The van der Waals surface area contributed by atoms with Crippen LogP contribution in [0, 0.1) is 0 Å². The molecule has 5 rings (SSSR count). The summed E-state index contributed by atoms with van der Waals surface area (Å²) in [5.74, 6) is 1.81. The molecule has 0 aliphatic rings. The molecule has 0 spiro atoms. The van der Waals surface area contributed by atoms with Gasteiger partial charge in [-0.25, -0.2) is 4.98 Å². The van der Waals surface area contributed by atoms with Crippen LogP contribution in [0.2, 0.25) is 0 Å². The second kappa shape index (κ2) is 9.17. The van der Waals surface area contributed by atoms with Gasteiger partial charge >= 0.3 is 0 Å². The summed E-state index contributed by atoms with van der Waals surface area (Å²) in [6.07, 6.45) is 0. The van der Waals surface area contributed by atoms with Gasteiger partial charge in [-0.15, -0.1) is 0 Å². The van der Waals surface area contributed by atoms with Gasteiger partial charge in [-0.1, -0.05) is 97.1 Å². The van der Waals surface area contributed by atoms with Gasteiger partial charge < -0.3 is 9.30 Å². The molecule has 0 radical (unpaired) electrons. The van der Waals surface area contributed by atoms with E-state index < -0.39 is 0 Å². The van der Waals surface area contributed by atoms with Crippen molar-refractivity contribution in [1.29, 1.82) is 0 Å².